The first-order valence-electron chi connectivity index (χ1n) is 12.6. The molecule has 1 aromatic carbocycles. The molecule has 202 valence electrons. The van der Waals surface area contributed by atoms with Crippen molar-refractivity contribution in [3.63, 3.8) is 0 Å². The number of phosphoric ester groups is 1. The van der Waals surface area contributed by atoms with Crippen LogP contribution in [0.5, 0.6) is 5.75 Å². The predicted octanol–water partition coefficient (Wildman–Crippen LogP) is 5.45. The zero-order chi connectivity index (χ0) is 25.8. The molecule has 1 unspecified atom stereocenters. The lowest BCUT2D eigenvalue weighted by Gasteiger charge is -2.19. The summed E-state index contributed by atoms with van der Waals surface area (Å²) in [5.41, 5.74) is 0. The van der Waals surface area contributed by atoms with E-state index >= 15 is 0 Å². The van der Waals surface area contributed by atoms with E-state index in [1.807, 2.05) is 11.8 Å². The van der Waals surface area contributed by atoms with Crippen molar-refractivity contribution < 1.29 is 32.8 Å². The number of halogens is 1. The number of benzene rings is 1. The highest BCUT2D eigenvalue weighted by atomic mass is 35.5. The average Bonchev–Trinajstić information content (AvgIpc) is 3.39. The molecule has 0 aromatic heterocycles. The lowest BCUT2D eigenvalue weighted by atomic mass is 10.0. The highest BCUT2D eigenvalue weighted by molar-refractivity contribution is 8.00. The highest BCUT2D eigenvalue weighted by Gasteiger charge is 2.42. The van der Waals surface area contributed by atoms with Gasteiger partial charge in [0.15, 0.2) is 5.75 Å². The Kier molecular flexibility index (Phi) is 12.2. The number of unbranched alkanes of at least 4 members (excludes halogenated alkanes) is 6. The fraction of sp³-hybridized carbons (Fsp3) is 0.667. The van der Waals surface area contributed by atoms with Crippen molar-refractivity contribution in [3.8, 4) is 5.75 Å². The monoisotopic (exact) mass is 562 g/mol. The van der Waals surface area contributed by atoms with E-state index in [1.54, 1.807) is 18.2 Å². The van der Waals surface area contributed by atoms with Crippen LogP contribution in [-0.2, 0) is 18.4 Å². The number of aliphatic hydroxyl groups is 1. The third-order valence-corrected chi connectivity index (χ3v) is 9.29. The van der Waals surface area contributed by atoms with E-state index in [0.29, 0.717) is 18.1 Å². The molecule has 9 nitrogen and oxygen atoms in total. The number of carbonyl (C=O) groups excluding carboxylic acids is 2. The minimum Gasteiger partial charge on any atom is -0.396 e. The van der Waals surface area contributed by atoms with Gasteiger partial charge in [0.2, 0.25) is 0 Å². The summed E-state index contributed by atoms with van der Waals surface area (Å²) in [6.07, 6.45) is 7.53. The highest BCUT2D eigenvalue weighted by Crippen LogP contribution is 2.51. The molecule has 2 amide bonds. The second-order valence-electron chi connectivity index (χ2n) is 8.98. The number of rotatable bonds is 17. The van der Waals surface area contributed by atoms with E-state index in [4.69, 9.17) is 30.3 Å². The van der Waals surface area contributed by atoms with Crippen molar-refractivity contribution in [2.24, 2.45) is 0 Å². The fourth-order valence-electron chi connectivity index (χ4n) is 4.24. The Morgan fingerprint density at radius 1 is 1.08 bits per heavy atom. The first-order valence-corrected chi connectivity index (χ1v) is 15.5. The number of fused-ring (bicyclic) bond motifs is 1. The Bertz CT molecular complexity index is 909. The number of aliphatic hydroxyl groups excluding tert-OH is 1. The molecule has 0 aliphatic carbocycles. The summed E-state index contributed by atoms with van der Waals surface area (Å²) in [6.45, 7) is 0.323. The number of urea groups is 1. The van der Waals surface area contributed by atoms with Gasteiger partial charge in [0.1, 0.15) is 0 Å². The van der Waals surface area contributed by atoms with Gasteiger partial charge in [-0.1, -0.05) is 55.8 Å². The molecule has 3 N–H and O–H groups in total. The van der Waals surface area contributed by atoms with Gasteiger partial charge >= 0.3 is 19.8 Å². The van der Waals surface area contributed by atoms with Gasteiger partial charge in [0.05, 0.1) is 23.7 Å². The molecule has 2 fully saturated rings. The van der Waals surface area contributed by atoms with Gasteiger partial charge in [0.25, 0.3) is 0 Å². The van der Waals surface area contributed by atoms with Crippen molar-refractivity contribution >= 4 is 43.2 Å². The van der Waals surface area contributed by atoms with E-state index < -0.39 is 13.8 Å². The minimum absolute atomic E-state index is 0.0835. The summed E-state index contributed by atoms with van der Waals surface area (Å²) in [5.74, 6) is 0.361. The van der Waals surface area contributed by atoms with Crippen molar-refractivity contribution in [3.05, 3.63) is 29.3 Å². The van der Waals surface area contributed by atoms with Crippen LogP contribution in [-0.4, -0.2) is 53.4 Å². The number of para-hydroxylation sites is 1. The van der Waals surface area contributed by atoms with E-state index in [9.17, 15) is 14.2 Å². The topological polar surface area (TPSA) is 123 Å². The van der Waals surface area contributed by atoms with Crippen molar-refractivity contribution in [1.82, 2.24) is 10.6 Å². The quantitative estimate of drug-likeness (QED) is 0.130. The van der Waals surface area contributed by atoms with Crippen molar-refractivity contribution in [2.75, 3.05) is 19.0 Å². The molecule has 4 atom stereocenters. The summed E-state index contributed by atoms with van der Waals surface area (Å²) < 4.78 is 29.5. The molecule has 1 aromatic rings. The number of phosphoric acid groups is 1. The molecule has 0 spiro atoms. The van der Waals surface area contributed by atoms with Crippen LogP contribution >= 0.6 is 31.2 Å². The Morgan fingerprint density at radius 2 is 1.83 bits per heavy atom. The lowest BCUT2D eigenvalue weighted by Crippen LogP contribution is -2.36. The molecular formula is C24H36ClN2O7PS. The van der Waals surface area contributed by atoms with Crippen LogP contribution in [0.3, 0.4) is 0 Å². The van der Waals surface area contributed by atoms with Crippen LogP contribution in [0.25, 0.3) is 0 Å². The molecule has 2 aliphatic heterocycles. The number of hydrogen-bond acceptors (Lipinski definition) is 8. The molecule has 2 heterocycles. The van der Waals surface area contributed by atoms with Crippen LogP contribution in [0, 0.1) is 0 Å². The van der Waals surface area contributed by atoms with Gasteiger partial charge in [-0.25, -0.2) is 9.36 Å². The summed E-state index contributed by atoms with van der Waals surface area (Å²) in [4.78, 5) is 24.0. The maximum absolute atomic E-state index is 13.3. The predicted molar refractivity (Wildman–Crippen MR) is 140 cm³/mol. The maximum Gasteiger partial charge on any atom is 0.589 e. The van der Waals surface area contributed by atoms with Crippen molar-refractivity contribution in [1.29, 1.82) is 0 Å². The van der Waals surface area contributed by atoms with E-state index in [-0.39, 0.29) is 48.5 Å². The van der Waals surface area contributed by atoms with Gasteiger partial charge in [-0.2, -0.15) is 11.8 Å². The average molecular weight is 563 g/mol. The van der Waals surface area contributed by atoms with E-state index in [2.05, 4.69) is 10.6 Å². The second kappa shape index (κ2) is 15.1. The van der Waals surface area contributed by atoms with Gasteiger partial charge in [-0.15, -0.1) is 0 Å². The summed E-state index contributed by atoms with van der Waals surface area (Å²) in [7, 11) is -4.21. The van der Waals surface area contributed by atoms with Crippen LogP contribution in [0.4, 0.5) is 4.79 Å². The molecular weight excluding hydrogens is 527 g/mol. The van der Waals surface area contributed by atoms with Gasteiger partial charge in [-0.3, -0.25) is 9.32 Å². The molecule has 2 aliphatic rings. The molecule has 12 heteroatoms. The molecule has 0 bridgehead atoms. The van der Waals surface area contributed by atoms with E-state index in [0.717, 1.165) is 50.7 Å². The van der Waals surface area contributed by atoms with E-state index in [1.165, 1.54) is 6.07 Å². The smallest absolute Gasteiger partial charge is 0.396 e. The zero-order valence-corrected chi connectivity index (χ0v) is 22.8. The molecule has 3 rings (SSSR count). The van der Waals surface area contributed by atoms with Gasteiger partial charge in [-0.05, 0) is 37.8 Å². The number of hydrogen-bond donors (Lipinski definition) is 3. The summed E-state index contributed by atoms with van der Waals surface area (Å²) in [6, 6.07) is 6.69. The van der Waals surface area contributed by atoms with Crippen molar-refractivity contribution in [2.45, 2.75) is 81.5 Å². The Hall–Kier alpha value is -1.45. The Balaban J connectivity index is 1.43. The molecule has 0 radical (unpaired) electrons. The molecule has 2 saturated heterocycles. The number of thioether (sulfide) groups is 1. The standard InChI is InChI=1S/C24H36ClN2O7PS/c25-18-11-5-6-12-20(18)33-35(31,32-16-10-4-2-1-3-9-15-28)34-22(29)14-8-7-13-21-23-19(17-36-21)26-24(30)27-23/h5-6,11-12,19,21,23,28H,1-4,7-10,13-17H2,(H2,26,27,30)/t19-,21-,23-,35?/m0/s1. The molecule has 0 saturated carbocycles. The normalized spacial score (nSPS) is 22.4. The Morgan fingerprint density at radius 3 is 2.61 bits per heavy atom. The third-order valence-electron chi connectivity index (χ3n) is 6.12. The van der Waals surface area contributed by atoms with Crippen LogP contribution < -0.4 is 15.2 Å². The van der Waals surface area contributed by atoms with Gasteiger partial charge in [0, 0.05) is 24.0 Å². The SMILES string of the molecule is O=C1N[C@H]2[C@H](CS[C@H]2CCCCC(=O)OP(=O)(OCCCCCCCCO)Oc2ccccc2Cl)N1. The fourth-order valence-corrected chi connectivity index (χ4v) is 7.24. The number of amides is 2. The van der Waals surface area contributed by atoms with Crippen LogP contribution in [0.1, 0.15) is 64.2 Å². The van der Waals surface area contributed by atoms with Crippen LogP contribution in [0.2, 0.25) is 5.02 Å². The second-order valence-corrected chi connectivity index (χ2v) is 12.2. The summed E-state index contributed by atoms with van der Waals surface area (Å²) >= 11 is 7.96. The minimum atomic E-state index is -4.21. The third kappa shape index (κ3) is 9.45. The molecule has 36 heavy (non-hydrogen) atoms. The summed E-state index contributed by atoms with van der Waals surface area (Å²) in [5, 5.41) is 15.3. The number of nitrogens with one attached hydrogen (secondary N) is 2. The largest absolute Gasteiger partial charge is 0.589 e. The first-order chi connectivity index (χ1) is 17.4. The van der Waals surface area contributed by atoms with Gasteiger partial charge < -0.3 is 24.8 Å². The lowest BCUT2D eigenvalue weighted by molar-refractivity contribution is -0.136. The first kappa shape index (κ1) is 29.1. The van der Waals surface area contributed by atoms with Crippen LogP contribution in [0.15, 0.2) is 24.3 Å². The zero-order valence-electron chi connectivity index (χ0n) is 20.4. The maximum atomic E-state index is 13.3. The Labute approximate surface area is 222 Å². The number of carbonyl (C=O) groups is 2.